The van der Waals surface area contributed by atoms with E-state index >= 15 is 0 Å². The first-order valence-electron chi connectivity index (χ1n) is 13.6. The highest BCUT2D eigenvalue weighted by Gasteiger charge is 2.18. The second-order valence-corrected chi connectivity index (χ2v) is 10.9. The minimum Gasteiger partial charge on any atom is -0.244 e. The molecule has 0 saturated heterocycles. The summed E-state index contributed by atoms with van der Waals surface area (Å²) in [4.78, 5) is 17.5. The second-order valence-electron chi connectivity index (χ2n) is 10.9. The zero-order chi connectivity index (χ0) is 28.0. The van der Waals surface area contributed by atoms with Gasteiger partial charge in [0.15, 0.2) is 0 Å². The van der Waals surface area contributed by atoms with Crippen LogP contribution < -0.4 is 0 Å². The van der Waals surface area contributed by atoms with Gasteiger partial charge in [0, 0.05) is 35.9 Å². The average Bonchev–Trinajstić information content (AvgIpc) is 2.92. The molecule has 40 heavy (non-hydrogen) atoms. The summed E-state index contributed by atoms with van der Waals surface area (Å²) >= 11 is 0. The molecule has 0 radical (unpaired) electrons. The van der Waals surface area contributed by atoms with Crippen LogP contribution in [0.1, 0.15) is 33.4 Å². The highest BCUT2D eigenvalue weighted by Crippen LogP contribution is 2.43. The van der Waals surface area contributed by atoms with Gasteiger partial charge >= 0.3 is 0 Å². The lowest BCUT2D eigenvalue weighted by Gasteiger charge is -2.19. The Balaban J connectivity index is 1.77. The number of fused-ring (bicyclic) bond motifs is 1. The fraction of sp³-hybridized carbons (Fsp3) is 0.167. The number of nitrogens with zero attached hydrogens (tertiary/aromatic N) is 4. The maximum Gasteiger partial charge on any atom is 0.115 e. The highest BCUT2D eigenvalue weighted by atomic mass is 14.8. The van der Waals surface area contributed by atoms with E-state index in [1.54, 1.807) is 12.7 Å². The maximum atomic E-state index is 4.38. The molecular weight excluding hydrogens is 488 g/mol. The van der Waals surface area contributed by atoms with E-state index in [2.05, 4.69) is 110 Å². The fourth-order valence-corrected chi connectivity index (χ4v) is 6.38. The summed E-state index contributed by atoms with van der Waals surface area (Å²) in [5.41, 5.74) is 16.7. The highest BCUT2D eigenvalue weighted by molar-refractivity contribution is 6.09. The van der Waals surface area contributed by atoms with Crippen molar-refractivity contribution in [2.45, 2.75) is 41.5 Å². The molecule has 6 rings (SSSR count). The second kappa shape index (κ2) is 10.1. The zero-order valence-electron chi connectivity index (χ0n) is 23.9. The van der Waals surface area contributed by atoms with Gasteiger partial charge in [-0.1, -0.05) is 35.4 Å². The third-order valence-corrected chi connectivity index (χ3v) is 7.74. The van der Waals surface area contributed by atoms with E-state index in [4.69, 9.17) is 0 Å². The monoisotopic (exact) mass is 520 g/mol. The van der Waals surface area contributed by atoms with Gasteiger partial charge in [0.05, 0.1) is 0 Å². The molecule has 4 heteroatoms. The Morgan fingerprint density at radius 1 is 0.375 bits per heavy atom. The lowest BCUT2D eigenvalue weighted by atomic mass is 9.84. The summed E-state index contributed by atoms with van der Waals surface area (Å²) in [5.74, 6) is 0. The Hall–Kier alpha value is -4.70. The van der Waals surface area contributed by atoms with Crippen molar-refractivity contribution in [1.82, 2.24) is 19.9 Å². The van der Waals surface area contributed by atoms with Crippen molar-refractivity contribution in [2.75, 3.05) is 0 Å². The number of hydrogen-bond acceptors (Lipinski definition) is 4. The molecule has 0 aliphatic carbocycles. The molecule has 0 aliphatic heterocycles. The summed E-state index contributed by atoms with van der Waals surface area (Å²) in [6, 6.07) is 18.3. The van der Waals surface area contributed by atoms with Crippen molar-refractivity contribution < 1.29 is 0 Å². The molecule has 4 nitrogen and oxygen atoms in total. The number of aryl methyl sites for hydroxylation is 6. The van der Waals surface area contributed by atoms with E-state index in [0.29, 0.717) is 0 Å². The predicted molar refractivity (Wildman–Crippen MR) is 165 cm³/mol. The molecular formula is C36H32N4. The van der Waals surface area contributed by atoms with Crippen molar-refractivity contribution in [1.29, 1.82) is 0 Å². The molecule has 0 spiro atoms. The Labute approximate surface area is 235 Å². The number of rotatable bonds is 4. The van der Waals surface area contributed by atoms with Gasteiger partial charge in [-0.05, 0) is 132 Å². The Morgan fingerprint density at radius 2 is 0.700 bits per heavy atom. The first kappa shape index (κ1) is 25.6. The van der Waals surface area contributed by atoms with Crippen LogP contribution in [0.2, 0.25) is 0 Å². The van der Waals surface area contributed by atoms with Crippen LogP contribution in [0.15, 0.2) is 86.0 Å². The van der Waals surface area contributed by atoms with Crippen LogP contribution in [0.5, 0.6) is 0 Å². The van der Waals surface area contributed by atoms with Crippen molar-refractivity contribution >= 4 is 10.8 Å². The first-order valence-corrected chi connectivity index (χ1v) is 13.6. The molecule has 0 N–H and O–H groups in total. The zero-order valence-corrected chi connectivity index (χ0v) is 23.9. The van der Waals surface area contributed by atoms with Gasteiger partial charge in [0.1, 0.15) is 12.7 Å². The maximum absolute atomic E-state index is 4.38. The minimum absolute atomic E-state index is 0.988. The van der Waals surface area contributed by atoms with E-state index in [1.807, 2.05) is 24.8 Å². The van der Waals surface area contributed by atoms with E-state index in [-0.39, 0.29) is 0 Å². The van der Waals surface area contributed by atoms with E-state index in [9.17, 15) is 0 Å². The summed E-state index contributed by atoms with van der Waals surface area (Å²) < 4.78 is 0. The van der Waals surface area contributed by atoms with Crippen LogP contribution in [0.25, 0.3) is 55.3 Å². The Morgan fingerprint density at radius 3 is 1.02 bits per heavy atom. The summed E-state index contributed by atoms with van der Waals surface area (Å²) in [5, 5.41) is 2.30. The number of benzene rings is 4. The molecule has 2 heterocycles. The molecule has 196 valence electrons. The van der Waals surface area contributed by atoms with Gasteiger partial charge in [0.25, 0.3) is 0 Å². The van der Waals surface area contributed by atoms with Crippen molar-refractivity contribution in [3.63, 3.8) is 0 Å². The molecule has 0 amide bonds. The van der Waals surface area contributed by atoms with Crippen molar-refractivity contribution in [3.8, 4) is 44.5 Å². The lowest BCUT2D eigenvalue weighted by Crippen LogP contribution is -1.96. The third kappa shape index (κ3) is 4.56. The van der Waals surface area contributed by atoms with E-state index < -0.39 is 0 Å². The summed E-state index contributed by atoms with van der Waals surface area (Å²) in [7, 11) is 0. The van der Waals surface area contributed by atoms with Crippen LogP contribution in [-0.2, 0) is 0 Å². The summed E-state index contributed by atoms with van der Waals surface area (Å²) in [6.07, 6.45) is 10.8. The molecule has 2 aromatic heterocycles. The van der Waals surface area contributed by atoms with E-state index in [1.165, 1.54) is 55.6 Å². The van der Waals surface area contributed by atoms with Crippen LogP contribution >= 0.6 is 0 Å². The number of hydrogen-bond donors (Lipinski definition) is 0. The van der Waals surface area contributed by atoms with Crippen molar-refractivity contribution in [3.05, 3.63) is 119 Å². The Kier molecular flexibility index (Phi) is 6.47. The quantitative estimate of drug-likeness (QED) is 0.233. The van der Waals surface area contributed by atoms with E-state index in [0.717, 1.165) is 33.0 Å². The molecule has 0 bridgehead atoms. The lowest BCUT2D eigenvalue weighted by molar-refractivity contribution is 1.17. The van der Waals surface area contributed by atoms with Gasteiger partial charge < -0.3 is 0 Å². The SMILES string of the molecule is Cc1cc(C)c(-c2cc(-c3cncnc3)c3cc(-c4c(C)cc(C)cc4C)cc(-c4cncnc4)c3c2)c(C)c1. The van der Waals surface area contributed by atoms with Gasteiger partial charge in [-0.25, -0.2) is 19.9 Å². The first-order chi connectivity index (χ1) is 19.3. The smallest absolute Gasteiger partial charge is 0.115 e. The van der Waals surface area contributed by atoms with Crippen LogP contribution in [0.4, 0.5) is 0 Å². The van der Waals surface area contributed by atoms with Crippen LogP contribution in [0, 0.1) is 41.5 Å². The van der Waals surface area contributed by atoms with Crippen LogP contribution in [0.3, 0.4) is 0 Å². The fourth-order valence-electron chi connectivity index (χ4n) is 6.38. The Bertz CT molecular complexity index is 1700. The standard InChI is InChI=1S/C36H32N4/c1-21-7-23(3)35(24(4)8-21)27-11-31(29-15-37-19-38-16-29)34-14-28(36-25(5)9-22(2)10-26(36)6)12-32(33(34)13-27)30-17-39-20-40-18-30/h7-20H,1-6H3. The molecule has 0 fully saturated rings. The van der Waals surface area contributed by atoms with Gasteiger partial charge in [0.2, 0.25) is 0 Å². The molecule has 6 aromatic rings. The van der Waals surface area contributed by atoms with Crippen LogP contribution in [-0.4, -0.2) is 19.9 Å². The molecule has 0 unspecified atom stereocenters. The van der Waals surface area contributed by atoms with Crippen molar-refractivity contribution in [2.24, 2.45) is 0 Å². The molecule has 0 aliphatic rings. The van der Waals surface area contributed by atoms with Gasteiger partial charge in [-0.15, -0.1) is 0 Å². The predicted octanol–water partition coefficient (Wildman–Crippen LogP) is 8.94. The normalized spacial score (nSPS) is 11.2. The van der Waals surface area contributed by atoms with Gasteiger partial charge in [-0.3, -0.25) is 0 Å². The molecule has 0 saturated carbocycles. The number of aromatic nitrogens is 4. The molecule has 0 atom stereocenters. The molecule has 4 aromatic carbocycles. The third-order valence-electron chi connectivity index (χ3n) is 7.74. The summed E-state index contributed by atoms with van der Waals surface area (Å²) in [6.45, 7) is 13.1. The largest absolute Gasteiger partial charge is 0.244 e. The van der Waals surface area contributed by atoms with Gasteiger partial charge in [-0.2, -0.15) is 0 Å². The average molecular weight is 521 g/mol. The topological polar surface area (TPSA) is 51.6 Å². The minimum atomic E-state index is 0.988.